The number of benzene rings is 2. The first kappa shape index (κ1) is 18.3. The van der Waals surface area contributed by atoms with E-state index in [0.29, 0.717) is 36.5 Å². The van der Waals surface area contributed by atoms with Crippen molar-refractivity contribution < 1.29 is 18.3 Å². The predicted octanol–water partition coefficient (Wildman–Crippen LogP) is 3.61. The number of hydrogen-bond acceptors (Lipinski definition) is 4. The Kier molecular flexibility index (Phi) is 4.68. The Bertz CT molecular complexity index is 1060. The molecule has 1 aliphatic heterocycles. The molecule has 7 heteroatoms. The average Bonchev–Trinajstić information content (AvgIpc) is 3.17. The van der Waals surface area contributed by atoms with Crippen molar-refractivity contribution in [3.63, 3.8) is 0 Å². The van der Waals surface area contributed by atoms with Crippen molar-refractivity contribution in [1.82, 2.24) is 14.7 Å². The molecule has 1 aliphatic rings. The molecule has 0 saturated carbocycles. The third-order valence-electron chi connectivity index (χ3n) is 4.85. The SMILES string of the molecule is COC(=O)c1cccc(Cn2nc3c(c2-c2ccc(F)cc2F)CN(C)C3)c1. The zero-order valence-electron chi connectivity index (χ0n) is 15.6. The molecule has 0 spiro atoms. The van der Waals surface area contributed by atoms with Gasteiger partial charge < -0.3 is 4.74 Å². The third kappa shape index (κ3) is 3.29. The number of methoxy groups -OCH3 is 1. The first-order valence-electron chi connectivity index (χ1n) is 8.86. The molecule has 0 fully saturated rings. The fourth-order valence-corrected chi connectivity index (χ4v) is 3.61. The Hall–Kier alpha value is -3.06. The molecular weight excluding hydrogens is 364 g/mol. The van der Waals surface area contributed by atoms with Gasteiger partial charge >= 0.3 is 5.97 Å². The minimum absolute atomic E-state index is 0.314. The lowest BCUT2D eigenvalue weighted by Gasteiger charge is -2.13. The van der Waals surface area contributed by atoms with E-state index in [1.807, 2.05) is 13.1 Å². The van der Waals surface area contributed by atoms with Crippen molar-refractivity contribution >= 4 is 5.97 Å². The van der Waals surface area contributed by atoms with Crippen LogP contribution in [-0.2, 0) is 24.4 Å². The number of hydrogen-bond donors (Lipinski definition) is 0. The molecule has 0 saturated heterocycles. The molecule has 4 rings (SSSR count). The second-order valence-corrected chi connectivity index (χ2v) is 6.92. The van der Waals surface area contributed by atoms with Gasteiger partial charge in [0, 0.05) is 30.3 Å². The van der Waals surface area contributed by atoms with Crippen LogP contribution in [-0.4, -0.2) is 34.8 Å². The Morgan fingerprint density at radius 2 is 2.00 bits per heavy atom. The van der Waals surface area contributed by atoms with Gasteiger partial charge in [0.1, 0.15) is 11.6 Å². The maximum absolute atomic E-state index is 14.6. The summed E-state index contributed by atoms with van der Waals surface area (Å²) in [5.74, 6) is -1.66. The highest BCUT2D eigenvalue weighted by Gasteiger charge is 2.27. The molecule has 0 unspecified atom stereocenters. The molecular formula is C21H19F2N3O2. The van der Waals surface area contributed by atoms with Crippen LogP contribution in [0.15, 0.2) is 42.5 Å². The Morgan fingerprint density at radius 1 is 1.18 bits per heavy atom. The highest BCUT2D eigenvalue weighted by molar-refractivity contribution is 5.89. The molecule has 5 nitrogen and oxygen atoms in total. The molecule has 3 aromatic rings. The number of aromatic nitrogens is 2. The van der Waals surface area contributed by atoms with Gasteiger partial charge in [-0.1, -0.05) is 12.1 Å². The first-order valence-corrected chi connectivity index (χ1v) is 8.86. The number of rotatable bonds is 4. The second-order valence-electron chi connectivity index (χ2n) is 6.92. The summed E-state index contributed by atoms with van der Waals surface area (Å²) < 4.78 is 34.5. The van der Waals surface area contributed by atoms with Crippen molar-refractivity contribution in [3.05, 3.63) is 76.5 Å². The lowest BCUT2D eigenvalue weighted by atomic mass is 10.1. The summed E-state index contributed by atoms with van der Waals surface area (Å²) in [6.45, 7) is 1.66. The largest absolute Gasteiger partial charge is 0.465 e. The molecule has 0 atom stereocenters. The van der Waals surface area contributed by atoms with Crippen LogP contribution in [0, 0.1) is 11.6 Å². The maximum Gasteiger partial charge on any atom is 0.337 e. The van der Waals surface area contributed by atoms with Crippen LogP contribution < -0.4 is 0 Å². The fraction of sp³-hybridized carbons (Fsp3) is 0.238. The van der Waals surface area contributed by atoms with Gasteiger partial charge in [0.2, 0.25) is 0 Å². The smallest absolute Gasteiger partial charge is 0.337 e. The maximum atomic E-state index is 14.6. The predicted molar refractivity (Wildman–Crippen MR) is 99.6 cm³/mol. The second kappa shape index (κ2) is 7.16. The summed E-state index contributed by atoms with van der Waals surface area (Å²) >= 11 is 0. The van der Waals surface area contributed by atoms with Crippen molar-refractivity contribution in [3.8, 4) is 11.3 Å². The number of nitrogens with zero attached hydrogens (tertiary/aromatic N) is 3. The molecule has 28 heavy (non-hydrogen) atoms. The number of fused-ring (bicyclic) bond motifs is 1. The lowest BCUT2D eigenvalue weighted by Crippen LogP contribution is -2.13. The highest BCUT2D eigenvalue weighted by atomic mass is 19.1. The molecule has 2 aromatic carbocycles. The molecule has 144 valence electrons. The molecule has 0 amide bonds. The number of ether oxygens (including phenoxy) is 1. The first-order chi connectivity index (χ1) is 13.5. The number of carbonyl (C=O) groups excluding carboxylic acids is 1. The van der Waals surface area contributed by atoms with Crippen LogP contribution in [0.2, 0.25) is 0 Å². The number of esters is 1. The van der Waals surface area contributed by atoms with Gasteiger partial charge in [-0.2, -0.15) is 5.10 Å². The molecule has 2 heterocycles. The van der Waals surface area contributed by atoms with Gasteiger partial charge in [0.05, 0.1) is 30.6 Å². The van der Waals surface area contributed by atoms with Gasteiger partial charge in [-0.15, -0.1) is 0 Å². The zero-order valence-corrected chi connectivity index (χ0v) is 15.6. The van der Waals surface area contributed by atoms with Crippen molar-refractivity contribution in [2.75, 3.05) is 14.2 Å². The molecule has 0 aliphatic carbocycles. The Balaban J connectivity index is 1.78. The van der Waals surface area contributed by atoms with Crippen LogP contribution in [0.3, 0.4) is 0 Å². The molecule has 0 N–H and O–H groups in total. The summed E-state index contributed by atoms with van der Waals surface area (Å²) in [5, 5.41) is 4.67. The van der Waals surface area contributed by atoms with E-state index in [-0.39, 0.29) is 0 Å². The monoisotopic (exact) mass is 383 g/mol. The average molecular weight is 383 g/mol. The van der Waals surface area contributed by atoms with Crippen LogP contribution in [0.5, 0.6) is 0 Å². The van der Waals surface area contributed by atoms with Crippen LogP contribution in [0.1, 0.15) is 27.2 Å². The summed E-state index contributed by atoms with van der Waals surface area (Å²) in [6.07, 6.45) is 0. The van der Waals surface area contributed by atoms with Gasteiger partial charge in [-0.3, -0.25) is 9.58 Å². The summed E-state index contributed by atoms with van der Waals surface area (Å²) in [6, 6.07) is 10.6. The zero-order chi connectivity index (χ0) is 19.8. The van der Waals surface area contributed by atoms with Crippen molar-refractivity contribution in [2.45, 2.75) is 19.6 Å². The molecule has 1 aromatic heterocycles. The fourth-order valence-electron chi connectivity index (χ4n) is 3.61. The Labute approximate surface area is 161 Å². The van der Waals surface area contributed by atoms with E-state index in [2.05, 4.69) is 10.00 Å². The van der Waals surface area contributed by atoms with Crippen LogP contribution in [0.25, 0.3) is 11.3 Å². The minimum atomic E-state index is -0.623. The summed E-state index contributed by atoms with van der Waals surface area (Å²) in [4.78, 5) is 13.9. The van der Waals surface area contributed by atoms with Gasteiger partial charge in [0.25, 0.3) is 0 Å². The van der Waals surface area contributed by atoms with E-state index in [1.165, 1.54) is 19.2 Å². The van der Waals surface area contributed by atoms with E-state index < -0.39 is 17.6 Å². The van der Waals surface area contributed by atoms with E-state index in [1.54, 1.807) is 22.9 Å². The van der Waals surface area contributed by atoms with Crippen molar-refractivity contribution in [2.24, 2.45) is 0 Å². The topological polar surface area (TPSA) is 47.4 Å². The minimum Gasteiger partial charge on any atom is -0.465 e. The van der Waals surface area contributed by atoms with Gasteiger partial charge in [0.15, 0.2) is 0 Å². The quantitative estimate of drug-likeness (QED) is 0.646. The molecule has 0 radical (unpaired) electrons. The highest BCUT2D eigenvalue weighted by Crippen LogP contribution is 2.34. The van der Waals surface area contributed by atoms with Gasteiger partial charge in [-0.05, 0) is 36.9 Å². The van der Waals surface area contributed by atoms with E-state index >= 15 is 0 Å². The van der Waals surface area contributed by atoms with E-state index in [4.69, 9.17) is 4.74 Å². The standard InChI is InChI=1S/C21H19F2N3O2/c1-25-11-17-19(12-25)24-26(20(17)16-7-6-15(22)9-18(16)23)10-13-4-3-5-14(8-13)21(27)28-2/h3-9H,10-12H2,1-2H3. The van der Waals surface area contributed by atoms with Crippen LogP contribution in [0.4, 0.5) is 8.78 Å². The lowest BCUT2D eigenvalue weighted by molar-refractivity contribution is 0.0600. The van der Waals surface area contributed by atoms with Crippen molar-refractivity contribution in [1.29, 1.82) is 0 Å². The van der Waals surface area contributed by atoms with E-state index in [9.17, 15) is 13.6 Å². The van der Waals surface area contributed by atoms with E-state index in [0.717, 1.165) is 22.9 Å². The normalized spacial score (nSPS) is 13.6. The Morgan fingerprint density at radius 3 is 2.75 bits per heavy atom. The van der Waals surface area contributed by atoms with Gasteiger partial charge in [-0.25, -0.2) is 13.6 Å². The third-order valence-corrected chi connectivity index (χ3v) is 4.85. The van der Waals surface area contributed by atoms with Crippen LogP contribution >= 0.6 is 0 Å². The molecule has 0 bridgehead atoms. The number of halogens is 2. The summed E-state index contributed by atoms with van der Waals surface area (Å²) in [5.41, 5.74) is 4.05. The summed E-state index contributed by atoms with van der Waals surface area (Å²) in [7, 11) is 3.30. The number of carbonyl (C=O) groups is 1.